The van der Waals surface area contributed by atoms with E-state index >= 15 is 0 Å². The van der Waals surface area contributed by atoms with Gasteiger partial charge in [-0.15, -0.1) is 0 Å². The van der Waals surface area contributed by atoms with Gasteiger partial charge in [-0.25, -0.2) is 4.98 Å². The summed E-state index contributed by atoms with van der Waals surface area (Å²) in [6.45, 7) is 1.78. The molecule has 0 aliphatic heterocycles. The Bertz CT molecular complexity index is 983. The predicted molar refractivity (Wildman–Crippen MR) is 104 cm³/mol. The van der Waals surface area contributed by atoms with Crippen LogP contribution in [-0.2, 0) is 11.2 Å². The number of amides is 1. The molecule has 8 heteroatoms. The molecule has 7 nitrogen and oxygen atoms in total. The van der Waals surface area contributed by atoms with Crippen molar-refractivity contribution in [1.29, 1.82) is 0 Å². The van der Waals surface area contributed by atoms with Crippen LogP contribution in [0.5, 0.6) is 0 Å². The van der Waals surface area contributed by atoms with Gasteiger partial charge in [0, 0.05) is 35.0 Å². The summed E-state index contributed by atoms with van der Waals surface area (Å²) in [5.41, 5.74) is 2.01. The van der Waals surface area contributed by atoms with E-state index < -0.39 is 4.92 Å². The molecule has 0 unspecified atom stereocenters. The van der Waals surface area contributed by atoms with Gasteiger partial charge in [-0.2, -0.15) is 0 Å². The van der Waals surface area contributed by atoms with Crippen LogP contribution in [0.3, 0.4) is 0 Å². The van der Waals surface area contributed by atoms with Crippen molar-refractivity contribution in [3.05, 3.63) is 74.7 Å². The highest BCUT2D eigenvalue weighted by atomic mass is 79.9. The van der Waals surface area contributed by atoms with Gasteiger partial charge in [0.1, 0.15) is 0 Å². The zero-order chi connectivity index (χ0) is 19.4. The number of oxazole rings is 1. The van der Waals surface area contributed by atoms with Crippen LogP contribution in [0.25, 0.3) is 11.3 Å². The summed E-state index contributed by atoms with van der Waals surface area (Å²) >= 11 is 3.38. The third kappa shape index (κ3) is 4.79. The van der Waals surface area contributed by atoms with E-state index in [0.717, 1.165) is 15.6 Å². The normalized spacial score (nSPS) is 10.6. The topological polar surface area (TPSA) is 98.3 Å². The molecule has 0 spiro atoms. The molecule has 27 heavy (non-hydrogen) atoms. The standard InChI is InChI=1S/C19H16BrN3O4/c1-12-2-7-15(23(25)26)10-16(12)22-18(24)8-9-19-21-11-17(27-19)13-3-5-14(20)6-4-13/h2-7,10-11H,8-9H2,1H3,(H,22,24). The van der Waals surface area contributed by atoms with Gasteiger partial charge in [-0.1, -0.05) is 34.1 Å². The third-order valence-electron chi connectivity index (χ3n) is 3.95. The lowest BCUT2D eigenvalue weighted by atomic mass is 10.1. The third-order valence-corrected chi connectivity index (χ3v) is 4.48. The zero-order valence-corrected chi connectivity index (χ0v) is 16.0. The summed E-state index contributed by atoms with van der Waals surface area (Å²) < 4.78 is 6.66. The van der Waals surface area contributed by atoms with Crippen molar-refractivity contribution >= 4 is 33.2 Å². The van der Waals surface area contributed by atoms with Gasteiger partial charge in [0.05, 0.1) is 16.8 Å². The maximum absolute atomic E-state index is 12.2. The van der Waals surface area contributed by atoms with Crippen LogP contribution in [0, 0.1) is 17.0 Å². The van der Waals surface area contributed by atoms with Crippen LogP contribution in [0.15, 0.2) is 57.6 Å². The largest absolute Gasteiger partial charge is 0.441 e. The number of nitro groups is 1. The lowest BCUT2D eigenvalue weighted by molar-refractivity contribution is -0.384. The van der Waals surface area contributed by atoms with Crippen molar-refractivity contribution < 1.29 is 14.1 Å². The summed E-state index contributed by atoms with van der Waals surface area (Å²) in [5.74, 6) is 0.827. The van der Waals surface area contributed by atoms with Gasteiger partial charge in [-0.3, -0.25) is 14.9 Å². The number of rotatable bonds is 6. The summed E-state index contributed by atoms with van der Waals surface area (Å²) in [5, 5.41) is 13.6. The van der Waals surface area contributed by atoms with Crippen LogP contribution < -0.4 is 5.32 Å². The summed E-state index contributed by atoms with van der Waals surface area (Å²) in [6, 6.07) is 12.0. The fraction of sp³-hybridized carbons (Fsp3) is 0.158. The Labute approximate surface area is 163 Å². The van der Waals surface area contributed by atoms with Crippen molar-refractivity contribution in [2.24, 2.45) is 0 Å². The number of nitro benzene ring substituents is 1. The summed E-state index contributed by atoms with van der Waals surface area (Å²) in [7, 11) is 0. The Morgan fingerprint density at radius 2 is 2.00 bits per heavy atom. The first-order valence-corrected chi connectivity index (χ1v) is 8.97. The summed E-state index contributed by atoms with van der Waals surface area (Å²) in [4.78, 5) is 26.8. The van der Waals surface area contributed by atoms with Crippen LogP contribution in [0.2, 0.25) is 0 Å². The van der Waals surface area contributed by atoms with Crippen molar-refractivity contribution in [3.63, 3.8) is 0 Å². The fourth-order valence-electron chi connectivity index (χ4n) is 2.46. The molecular formula is C19H16BrN3O4. The van der Waals surface area contributed by atoms with E-state index in [2.05, 4.69) is 26.2 Å². The number of carbonyl (C=O) groups excluding carboxylic acids is 1. The molecule has 0 radical (unpaired) electrons. The molecule has 0 aliphatic rings. The van der Waals surface area contributed by atoms with Gasteiger partial charge < -0.3 is 9.73 Å². The van der Waals surface area contributed by atoms with Crippen LogP contribution in [0.1, 0.15) is 17.9 Å². The Balaban J connectivity index is 1.61. The molecule has 1 amide bonds. The van der Waals surface area contributed by atoms with E-state index in [-0.39, 0.29) is 18.0 Å². The number of nitrogens with one attached hydrogen (secondary N) is 1. The van der Waals surface area contributed by atoms with Gasteiger partial charge in [0.15, 0.2) is 11.7 Å². The SMILES string of the molecule is Cc1ccc([N+](=O)[O-])cc1NC(=O)CCc1ncc(-c2ccc(Br)cc2)o1. The molecule has 0 aliphatic carbocycles. The first kappa shape index (κ1) is 18.8. The van der Waals surface area contributed by atoms with Gasteiger partial charge in [-0.05, 0) is 24.6 Å². The molecule has 138 valence electrons. The van der Waals surface area contributed by atoms with E-state index in [9.17, 15) is 14.9 Å². The number of hydrogen-bond acceptors (Lipinski definition) is 5. The molecule has 1 aromatic heterocycles. The van der Waals surface area contributed by atoms with Gasteiger partial charge >= 0.3 is 0 Å². The van der Waals surface area contributed by atoms with Gasteiger partial charge in [0.2, 0.25) is 5.91 Å². The fourth-order valence-corrected chi connectivity index (χ4v) is 2.73. The maximum Gasteiger partial charge on any atom is 0.271 e. The monoisotopic (exact) mass is 429 g/mol. The van der Waals surface area contributed by atoms with Crippen LogP contribution >= 0.6 is 15.9 Å². The minimum Gasteiger partial charge on any atom is -0.441 e. The minimum atomic E-state index is -0.495. The van der Waals surface area contributed by atoms with E-state index in [1.807, 2.05) is 24.3 Å². The maximum atomic E-state index is 12.2. The minimum absolute atomic E-state index is 0.0669. The molecule has 3 rings (SSSR count). The Morgan fingerprint density at radius 3 is 2.70 bits per heavy atom. The van der Waals surface area contributed by atoms with Crippen LogP contribution in [0.4, 0.5) is 11.4 Å². The zero-order valence-electron chi connectivity index (χ0n) is 14.4. The number of aromatic nitrogens is 1. The smallest absolute Gasteiger partial charge is 0.271 e. The van der Waals surface area contributed by atoms with Crippen molar-refractivity contribution in [1.82, 2.24) is 4.98 Å². The molecule has 1 N–H and O–H groups in total. The van der Waals surface area contributed by atoms with E-state index in [4.69, 9.17) is 4.42 Å². The molecule has 0 bridgehead atoms. The molecule has 2 aromatic carbocycles. The number of halogens is 1. The lowest BCUT2D eigenvalue weighted by Crippen LogP contribution is -2.13. The van der Waals surface area contributed by atoms with Crippen molar-refractivity contribution in [3.8, 4) is 11.3 Å². The molecule has 0 saturated carbocycles. The van der Waals surface area contributed by atoms with Gasteiger partial charge in [0.25, 0.3) is 5.69 Å². The molecule has 0 fully saturated rings. The number of nitrogens with zero attached hydrogens (tertiary/aromatic N) is 2. The van der Waals surface area contributed by atoms with E-state index in [1.165, 1.54) is 12.1 Å². The number of anilines is 1. The highest BCUT2D eigenvalue weighted by Crippen LogP contribution is 2.24. The van der Waals surface area contributed by atoms with E-state index in [0.29, 0.717) is 23.8 Å². The lowest BCUT2D eigenvalue weighted by Gasteiger charge is -2.07. The Hall–Kier alpha value is -3.00. The predicted octanol–water partition coefficient (Wildman–Crippen LogP) is 4.89. The second-order valence-electron chi connectivity index (χ2n) is 5.93. The van der Waals surface area contributed by atoms with E-state index in [1.54, 1.807) is 19.2 Å². The molecule has 0 saturated heterocycles. The van der Waals surface area contributed by atoms with Crippen LogP contribution in [-0.4, -0.2) is 15.8 Å². The number of non-ortho nitro benzene ring substituents is 1. The average Bonchev–Trinajstić information content (AvgIpc) is 3.11. The first-order chi connectivity index (χ1) is 12.9. The second-order valence-corrected chi connectivity index (χ2v) is 6.85. The number of benzene rings is 2. The first-order valence-electron chi connectivity index (χ1n) is 8.18. The molecule has 3 aromatic rings. The molecule has 0 atom stereocenters. The average molecular weight is 430 g/mol. The Kier molecular flexibility index (Phi) is 5.66. The highest BCUT2D eigenvalue weighted by Gasteiger charge is 2.13. The molecular weight excluding hydrogens is 414 g/mol. The summed E-state index contributed by atoms with van der Waals surface area (Å²) in [6.07, 6.45) is 2.11. The van der Waals surface area contributed by atoms with Crippen molar-refractivity contribution in [2.45, 2.75) is 19.8 Å². The second kappa shape index (κ2) is 8.13. The number of carbonyl (C=O) groups is 1. The number of aryl methyl sites for hydroxylation is 2. The molecule has 1 heterocycles. The van der Waals surface area contributed by atoms with Crippen molar-refractivity contribution in [2.75, 3.05) is 5.32 Å². The number of hydrogen-bond donors (Lipinski definition) is 1. The highest BCUT2D eigenvalue weighted by molar-refractivity contribution is 9.10. The quantitative estimate of drug-likeness (QED) is 0.444. The Morgan fingerprint density at radius 1 is 1.26 bits per heavy atom.